The van der Waals surface area contributed by atoms with E-state index in [1.807, 2.05) is 6.92 Å². The minimum absolute atomic E-state index is 0.0188. The molecule has 5 nitrogen and oxygen atoms in total. The van der Waals surface area contributed by atoms with Gasteiger partial charge in [0.15, 0.2) is 0 Å². The third kappa shape index (κ3) is 3.74. The lowest BCUT2D eigenvalue weighted by atomic mass is 9.64. The molecular weight excluding hydrogens is 320 g/mol. The Morgan fingerprint density at radius 1 is 1.36 bits per heavy atom. The number of esters is 1. The fourth-order valence-electron chi connectivity index (χ4n) is 4.94. The second kappa shape index (κ2) is 7.16. The van der Waals surface area contributed by atoms with Crippen LogP contribution in [-0.4, -0.2) is 49.7 Å². The first kappa shape index (κ1) is 19.1. The van der Waals surface area contributed by atoms with Gasteiger partial charge in [0.2, 0.25) is 0 Å². The molecular formula is C20H34O5. The van der Waals surface area contributed by atoms with Gasteiger partial charge in [0, 0.05) is 13.0 Å². The van der Waals surface area contributed by atoms with Crippen molar-refractivity contribution in [3.05, 3.63) is 0 Å². The second-order valence-electron chi connectivity index (χ2n) is 8.60. The van der Waals surface area contributed by atoms with Gasteiger partial charge >= 0.3 is 5.97 Å². The molecule has 1 aliphatic carbocycles. The fraction of sp³-hybridized carbons (Fsp3) is 0.950. The molecule has 1 spiro atoms. The average Bonchev–Trinajstić information content (AvgIpc) is 3.45. The highest BCUT2D eigenvalue weighted by Gasteiger charge is 2.71. The quantitative estimate of drug-likeness (QED) is 0.494. The first-order chi connectivity index (χ1) is 11.9. The molecule has 144 valence electrons. The molecule has 0 aromatic rings. The molecule has 1 saturated carbocycles. The number of rotatable bonds is 8. The van der Waals surface area contributed by atoms with Crippen LogP contribution in [0.1, 0.15) is 59.8 Å². The van der Waals surface area contributed by atoms with Crippen molar-refractivity contribution < 1.29 is 23.7 Å². The summed E-state index contributed by atoms with van der Waals surface area (Å²) in [7, 11) is 1.76. The zero-order chi connectivity index (χ0) is 18.2. The molecule has 0 bridgehead atoms. The van der Waals surface area contributed by atoms with E-state index in [9.17, 15) is 4.79 Å². The van der Waals surface area contributed by atoms with Crippen molar-refractivity contribution in [1.29, 1.82) is 0 Å². The third-order valence-electron chi connectivity index (χ3n) is 6.42. The molecule has 25 heavy (non-hydrogen) atoms. The van der Waals surface area contributed by atoms with Crippen LogP contribution in [0, 0.1) is 17.8 Å². The molecule has 3 rings (SSSR count). The molecule has 5 heteroatoms. The highest BCUT2D eigenvalue weighted by atomic mass is 16.6. The minimum atomic E-state index is -0.195. The fourth-order valence-corrected chi connectivity index (χ4v) is 4.94. The number of carbonyl (C=O) groups is 1. The summed E-state index contributed by atoms with van der Waals surface area (Å²) >= 11 is 0. The lowest BCUT2D eigenvalue weighted by Gasteiger charge is -2.43. The highest BCUT2D eigenvalue weighted by Crippen LogP contribution is 2.60. The van der Waals surface area contributed by atoms with Gasteiger partial charge in [0.1, 0.15) is 5.60 Å². The zero-order valence-corrected chi connectivity index (χ0v) is 16.4. The maximum absolute atomic E-state index is 12.0. The molecule has 2 heterocycles. The van der Waals surface area contributed by atoms with Crippen molar-refractivity contribution in [3.8, 4) is 0 Å². The van der Waals surface area contributed by atoms with E-state index in [4.69, 9.17) is 18.9 Å². The summed E-state index contributed by atoms with van der Waals surface area (Å²) in [6.45, 7) is 9.78. The molecule has 0 aromatic heterocycles. The summed E-state index contributed by atoms with van der Waals surface area (Å²) < 4.78 is 23.3. The summed E-state index contributed by atoms with van der Waals surface area (Å²) in [5.74, 6) is 0.922. The molecule has 0 N–H and O–H groups in total. The zero-order valence-electron chi connectivity index (χ0n) is 16.4. The number of methoxy groups -OCH3 is 1. The van der Waals surface area contributed by atoms with E-state index in [1.165, 1.54) is 6.42 Å². The first-order valence-corrected chi connectivity index (χ1v) is 9.86. The largest absolute Gasteiger partial charge is 0.466 e. The van der Waals surface area contributed by atoms with Crippen LogP contribution < -0.4 is 0 Å². The maximum Gasteiger partial charge on any atom is 0.306 e. The van der Waals surface area contributed by atoms with Crippen LogP contribution in [0.4, 0.5) is 0 Å². The van der Waals surface area contributed by atoms with Gasteiger partial charge < -0.3 is 18.9 Å². The molecule has 2 unspecified atom stereocenters. The molecule has 6 atom stereocenters. The van der Waals surface area contributed by atoms with Crippen molar-refractivity contribution in [1.82, 2.24) is 0 Å². The molecule has 0 amide bonds. The third-order valence-corrected chi connectivity index (χ3v) is 6.42. The summed E-state index contributed by atoms with van der Waals surface area (Å²) in [6.07, 6.45) is 4.86. The van der Waals surface area contributed by atoms with E-state index in [2.05, 4.69) is 20.8 Å². The van der Waals surface area contributed by atoms with Gasteiger partial charge in [-0.3, -0.25) is 4.79 Å². The number of ether oxygens (including phenoxy) is 4. The summed E-state index contributed by atoms with van der Waals surface area (Å²) in [6, 6.07) is 0. The number of hydrogen-bond donors (Lipinski definition) is 0. The Labute approximate surface area is 151 Å². The lowest BCUT2D eigenvalue weighted by molar-refractivity contribution is -0.149. The predicted octanol–water partition coefficient (Wildman–Crippen LogP) is 3.34. The topological polar surface area (TPSA) is 60.6 Å². The van der Waals surface area contributed by atoms with Gasteiger partial charge in [-0.2, -0.15) is 0 Å². The van der Waals surface area contributed by atoms with Gasteiger partial charge in [-0.1, -0.05) is 13.8 Å². The van der Waals surface area contributed by atoms with E-state index in [0.29, 0.717) is 18.9 Å². The number of epoxide rings is 2. The summed E-state index contributed by atoms with van der Waals surface area (Å²) in [4.78, 5) is 12.0. The van der Waals surface area contributed by atoms with Gasteiger partial charge in [0.05, 0.1) is 37.4 Å². The average molecular weight is 354 g/mol. The van der Waals surface area contributed by atoms with E-state index in [1.54, 1.807) is 7.11 Å². The standard InChI is InChI=1S/C20H34O5/c1-6-23-16(21)11-14-9-10-20(12-24-20)18(17(14)22-5)19(4)15(25-19)8-7-13(2)3/h13-15,17-18H,6-12H2,1-5H3/t14?,15-,17-,18-,19?,20+/m1/s1. The molecule has 0 aromatic carbocycles. The Bertz CT molecular complexity index is 486. The highest BCUT2D eigenvalue weighted by molar-refractivity contribution is 5.69. The van der Waals surface area contributed by atoms with Crippen molar-refractivity contribution >= 4 is 5.97 Å². The van der Waals surface area contributed by atoms with Crippen molar-refractivity contribution in [2.75, 3.05) is 20.3 Å². The molecule has 2 aliphatic heterocycles. The normalized spacial score (nSPS) is 42.6. The van der Waals surface area contributed by atoms with E-state index in [-0.39, 0.29) is 41.2 Å². The first-order valence-electron chi connectivity index (χ1n) is 9.86. The van der Waals surface area contributed by atoms with Crippen LogP contribution in [0.25, 0.3) is 0 Å². The lowest BCUT2D eigenvalue weighted by Crippen LogP contribution is -2.53. The minimum Gasteiger partial charge on any atom is -0.466 e. The van der Waals surface area contributed by atoms with Gasteiger partial charge in [-0.25, -0.2) is 0 Å². The summed E-state index contributed by atoms with van der Waals surface area (Å²) in [5, 5.41) is 0. The monoisotopic (exact) mass is 354 g/mol. The Hall–Kier alpha value is -0.650. The molecule has 2 saturated heterocycles. The smallest absolute Gasteiger partial charge is 0.306 e. The second-order valence-corrected chi connectivity index (χ2v) is 8.60. The Kier molecular flexibility index (Phi) is 5.48. The van der Waals surface area contributed by atoms with Crippen LogP contribution in [0.2, 0.25) is 0 Å². The van der Waals surface area contributed by atoms with E-state index >= 15 is 0 Å². The molecule has 3 aliphatic rings. The van der Waals surface area contributed by atoms with Crippen LogP contribution in [0.15, 0.2) is 0 Å². The Balaban J connectivity index is 1.72. The van der Waals surface area contributed by atoms with E-state index < -0.39 is 0 Å². The number of hydrogen-bond acceptors (Lipinski definition) is 5. The van der Waals surface area contributed by atoms with Crippen LogP contribution in [-0.2, 0) is 23.7 Å². The van der Waals surface area contributed by atoms with Gasteiger partial charge in [-0.05, 0) is 51.4 Å². The maximum atomic E-state index is 12.0. The van der Waals surface area contributed by atoms with Crippen molar-refractivity contribution in [2.45, 2.75) is 83.2 Å². The van der Waals surface area contributed by atoms with Gasteiger partial charge in [0.25, 0.3) is 0 Å². The SMILES string of the molecule is CCOC(=O)CC1CC[C@]2(CO2)[C@@H](C2(C)O[C@@H]2CCC(C)C)[C@@H]1OC. The van der Waals surface area contributed by atoms with Crippen molar-refractivity contribution in [2.24, 2.45) is 17.8 Å². The van der Waals surface area contributed by atoms with Crippen LogP contribution >= 0.6 is 0 Å². The van der Waals surface area contributed by atoms with Crippen LogP contribution in [0.5, 0.6) is 0 Å². The molecule has 3 fully saturated rings. The summed E-state index contributed by atoms with van der Waals surface area (Å²) in [5.41, 5.74) is -0.299. The predicted molar refractivity (Wildman–Crippen MR) is 94.3 cm³/mol. The van der Waals surface area contributed by atoms with Crippen molar-refractivity contribution in [3.63, 3.8) is 0 Å². The van der Waals surface area contributed by atoms with E-state index in [0.717, 1.165) is 25.9 Å². The Morgan fingerprint density at radius 3 is 2.64 bits per heavy atom. The number of carbonyl (C=O) groups excluding carboxylic acids is 1. The van der Waals surface area contributed by atoms with Crippen LogP contribution in [0.3, 0.4) is 0 Å². The van der Waals surface area contributed by atoms with Gasteiger partial charge in [-0.15, -0.1) is 0 Å². The molecule has 0 radical (unpaired) electrons. The Morgan fingerprint density at radius 2 is 2.08 bits per heavy atom.